The molecule has 1 fully saturated rings. The average molecular weight is 267 g/mol. The van der Waals surface area contributed by atoms with Crippen LogP contribution >= 0.6 is 11.9 Å². The molecular formula is C14H21NO2S. The molecule has 1 aliphatic heterocycles. The molecule has 1 aliphatic rings. The molecule has 0 saturated carbocycles. The molecule has 18 heavy (non-hydrogen) atoms. The van der Waals surface area contributed by atoms with Crippen molar-refractivity contribution in [1.29, 1.82) is 0 Å². The Kier molecular flexibility index (Phi) is 4.92. The Morgan fingerprint density at radius 2 is 1.83 bits per heavy atom. The van der Waals surface area contributed by atoms with Gasteiger partial charge in [-0.3, -0.25) is 0 Å². The van der Waals surface area contributed by atoms with E-state index >= 15 is 0 Å². The molecule has 3 nitrogen and oxygen atoms in total. The Hall–Kier alpha value is -0.710. The van der Waals surface area contributed by atoms with Crippen LogP contribution in [-0.2, 0) is 0 Å². The number of hydrogen-bond donors (Lipinski definition) is 1. The van der Waals surface area contributed by atoms with Crippen LogP contribution in [0.1, 0.15) is 26.7 Å². The van der Waals surface area contributed by atoms with Gasteiger partial charge in [0.05, 0.1) is 12.2 Å². The molecule has 0 unspecified atom stereocenters. The van der Waals surface area contributed by atoms with E-state index in [1.54, 1.807) is 11.9 Å². The number of nitrogens with zero attached hydrogens (tertiary/aromatic N) is 1. The van der Waals surface area contributed by atoms with E-state index in [9.17, 15) is 5.11 Å². The zero-order chi connectivity index (χ0) is 13.0. The van der Waals surface area contributed by atoms with Crippen LogP contribution in [0.15, 0.2) is 29.2 Å². The first kappa shape index (κ1) is 13.7. The molecule has 1 heterocycles. The summed E-state index contributed by atoms with van der Waals surface area (Å²) >= 11 is 1.76. The maximum Gasteiger partial charge on any atom is 0.119 e. The first-order valence-electron chi connectivity index (χ1n) is 6.51. The van der Waals surface area contributed by atoms with Crippen LogP contribution in [0.5, 0.6) is 5.75 Å². The van der Waals surface area contributed by atoms with Gasteiger partial charge in [-0.25, -0.2) is 4.31 Å². The summed E-state index contributed by atoms with van der Waals surface area (Å²) in [5.41, 5.74) is 0. The van der Waals surface area contributed by atoms with E-state index in [-0.39, 0.29) is 12.2 Å². The van der Waals surface area contributed by atoms with Gasteiger partial charge in [-0.15, -0.1) is 0 Å². The molecule has 0 aromatic heterocycles. The van der Waals surface area contributed by atoms with Gasteiger partial charge in [0.25, 0.3) is 0 Å². The van der Waals surface area contributed by atoms with E-state index in [4.69, 9.17) is 4.74 Å². The Labute approximate surface area is 113 Å². The number of hydrogen-bond acceptors (Lipinski definition) is 4. The third kappa shape index (κ3) is 4.19. The van der Waals surface area contributed by atoms with Crippen LogP contribution in [-0.4, -0.2) is 34.7 Å². The Balaban J connectivity index is 1.86. The zero-order valence-corrected chi connectivity index (χ0v) is 11.8. The summed E-state index contributed by atoms with van der Waals surface area (Å²) in [4.78, 5) is 1.22. The summed E-state index contributed by atoms with van der Waals surface area (Å²) in [6.45, 7) is 5.97. The van der Waals surface area contributed by atoms with Crippen LogP contribution in [0.2, 0.25) is 0 Å². The number of benzene rings is 1. The molecule has 0 atom stereocenters. The Bertz CT molecular complexity index is 359. The quantitative estimate of drug-likeness (QED) is 0.850. The van der Waals surface area contributed by atoms with Gasteiger partial charge in [-0.2, -0.15) is 0 Å². The fourth-order valence-electron chi connectivity index (χ4n) is 1.93. The van der Waals surface area contributed by atoms with E-state index < -0.39 is 0 Å². The van der Waals surface area contributed by atoms with Gasteiger partial charge >= 0.3 is 0 Å². The number of rotatable bonds is 4. The normalized spacial score (nSPS) is 18.2. The van der Waals surface area contributed by atoms with E-state index in [0.717, 1.165) is 31.7 Å². The summed E-state index contributed by atoms with van der Waals surface area (Å²) < 4.78 is 7.93. The molecule has 2 rings (SSSR count). The molecule has 0 bridgehead atoms. The summed E-state index contributed by atoms with van der Waals surface area (Å²) in [6, 6.07) is 8.21. The number of aliphatic hydroxyl groups is 1. The molecule has 1 aromatic rings. The lowest BCUT2D eigenvalue weighted by molar-refractivity contribution is 0.116. The second kappa shape index (κ2) is 6.45. The van der Waals surface area contributed by atoms with Crippen molar-refractivity contribution in [3.8, 4) is 5.75 Å². The number of piperidine rings is 1. The third-order valence-corrected chi connectivity index (χ3v) is 3.96. The van der Waals surface area contributed by atoms with Crippen LogP contribution < -0.4 is 4.74 Å². The van der Waals surface area contributed by atoms with Gasteiger partial charge in [0, 0.05) is 18.0 Å². The molecule has 1 aromatic carbocycles. The highest BCUT2D eigenvalue weighted by Gasteiger charge is 2.17. The van der Waals surface area contributed by atoms with Crippen molar-refractivity contribution in [3.05, 3.63) is 24.3 Å². The predicted octanol–water partition coefficient (Wildman–Crippen LogP) is 2.94. The van der Waals surface area contributed by atoms with Crippen molar-refractivity contribution in [2.45, 2.75) is 43.8 Å². The minimum atomic E-state index is -0.108. The van der Waals surface area contributed by atoms with Gasteiger partial charge in [-0.05, 0) is 62.9 Å². The first-order chi connectivity index (χ1) is 8.63. The van der Waals surface area contributed by atoms with Crippen molar-refractivity contribution in [1.82, 2.24) is 4.31 Å². The van der Waals surface area contributed by atoms with Gasteiger partial charge in [0.2, 0.25) is 0 Å². The fourth-order valence-corrected chi connectivity index (χ4v) is 2.88. The SMILES string of the molecule is CC(C)Oc1ccc(SN2CCC(O)CC2)cc1. The summed E-state index contributed by atoms with van der Waals surface area (Å²) in [5.74, 6) is 0.920. The first-order valence-corrected chi connectivity index (χ1v) is 7.28. The van der Waals surface area contributed by atoms with E-state index in [0.29, 0.717) is 0 Å². The summed E-state index contributed by atoms with van der Waals surface area (Å²) in [5, 5.41) is 9.46. The van der Waals surface area contributed by atoms with Crippen molar-refractivity contribution in [2.24, 2.45) is 0 Å². The van der Waals surface area contributed by atoms with Crippen LogP contribution in [0.4, 0.5) is 0 Å². The van der Waals surface area contributed by atoms with Crippen molar-refractivity contribution in [3.63, 3.8) is 0 Å². The topological polar surface area (TPSA) is 32.7 Å². The number of ether oxygens (including phenoxy) is 1. The van der Waals surface area contributed by atoms with Crippen LogP contribution in [0, 0.1) is 0 Å². The fraction of sp³-hybridized carbons (Fsp3) is 0.571. The average Bonchev–Trinajstić information content (AvgIpc) is 2.34. The lowest BCUT2D eigenvalue weighted by atomic mass is 10.1. The second-order valence-electron chi connectivity index (χ2n) is 4.89. The minimum Gasteiger partial charge on any atom is -0.491 e. The zero-order valence-electron chi connectivity index (χ0n) is 11.0. The maximum absolute atomic E-state index is 9.46. The second-order valence-corrected chi connectivity index (χ2v) is 6.06. The van der Waals surface area contributed by atoms with Gasteiger partial charge in [0.15, 0.2) is 0 Å². The van der Waals surface area contributed by atoms with E-state index in [1.807, 2.05) is 26.0 Å². The highest BCUT2D eigenvalue weighted by atomic mass is 32.2. The molecule has 0 aliphatic carbocycles. The molecule has 4 heteroatoms. The minimum absolute atomic E-state index is 0.108. The van der Waals surface area contributed by atoms with Crippen molar-refractivity contribution in [2.75, 3.05) is 13.1 Å². The van der Waals surface area contributed by atoms with Crippen LogP contribution in [0.3, 0.4) is 0 Å². The van der Waals surface area contributed by atoms with Crippen LogP contribution in [0.25, 0.3) is 0 Å². The van der Waals surface area contributed by atoms with Crippen molar-refractivity contribution < 1.29 is 9.84 Å². The monoisotopic (exact) mass is 267 g/mol. The summed E-state index contributed by atoms with van der Waals surface area (Å²) in [6.07, 6.45) is 1.86. The molecule has 1 N–H and O–H groups in total. The van der Waals surface area contributed by atoms with Gasteiger partial charge in [-0.1, -0.05) is 0 Å². The van der Waals surface area contributed by atoms with Crippen molar-refractivity contribution >= 4 is 11.9 Å². The molecular weight excluding hydrogens is 246 g/mol. The molecule has 0 amide bonds. The predicted molar refractivity (Wildman–Crippen MR) is 74.9 cm³/mol. The Morgan fingerprint density at radius 1 is 1.22 bits per heavy atom. The summed E-state index contributed by atoms with van der Waals surface area (Å²) in [7, 11) is 0. The molecule has 1 saturated heterocycles. The lowest BCUT2D eigenvalue weighted by Gasteiger charge is -2.28. The third-order valence-electron chi connectivity index (χ3n) is 2.85. The molecule has 0 radical (unpaired) electrons. The van der Waals surface area contributed by atoms with Gasteiger partial charge < -0.3 is 9.84 Å². The largest absolute Gasteiger partial charge is 0.491 e. The smallest absolute Gasteiger partial charge is 0.119 e. The Morgan fingerprint density at radius 3 is 2.39 bits per heavy atom. The standard InChI is InChI=1S/C14H21NO2S/c1-11(2)17-13-3-5-14(6-4-13)18-15-9-7-12(16)8-10-15/h3-6,11-12,16H,7-10H2,1-2H3. The number of aliphatic hydroxyl groups excluding tert-OH is 1. The highest BCUT2D eigenvalue weighted by molar-refractivity contribution is 7.97. The molecule has 0 spiro atoms. The van der Waals surface area contributed by atoms with Gasteiger partial charge in [0.1, 0.15) is 5.75 Å². The van der Waals surface area contributed by atoms with E-state index in [2.05, 4.69) is 16.4 Å². The lowest BCUT2D eigenvalue weighted by Crippen LogP contribution is -2.30. The highest BCUT2D eigenvalue weighted by Crippen LogP contribution is 2.27. The maximum atomic E-state index is 9.46. The van der Waals surface area contributed by atoms with E-state index in [1.165, 1.54) is 4.90 Å². The molecule has 100 valence electrons.